The first kappa shape index (κ1) is 10.3. The van der Waals surface area contributed by atoms with Crippen molar-refractivity contribution in [1.29, 1.82) is 10.5 Å². The van der Waals surface area contributed by atoms with Crippen LogP contribution in [0.25, 0.3) is 0 Å². The molecule has 0 radical (unpaired) electrons. The van der Waals surface area contributed by atoms with Crippen LogP contribution in [0, 0.1) is 22.7 Å². The summed E-state index contributed by atoms with van der Waals surface area (Å²) in [4.78, 5) is 0. The van der Waals surface area contributed by atoms with Crippen LogP contribution in [0.3, 0.4) is 0 Å². The summed E-state index contributed by atoms with van der Waals surface area (Å²) in [7, 11) is 0. The molecule has 0 atom stereocenters. The number of benzene rings is 1. The van der Waals surface area contributed by atoms with Gasteiger partial charge in [0.2, 0.25) is 0 Å². The third kappa shape index (κ3) is 1.28. The first-order valence-electron chi connectivity index (χ1n) is 5.23. The van der Waals surface area contributed by atoms with Gasteiger partial charge in [-0.2, -0.15) is 10.5 Å². The molecule has 0 aromatic heterocycles. The van der Waals surface area contributed by atoms with E-state index in [4.69, 9.17) is 22.0 Å². The molecule has 4 heteroatoms. The van der Waals surface area contributed by atoms with Crippen LogP contribution in [0.5, 0.6) is 0 Å². The zero-order valence-corrected chi connectivity index (χ0v) is 8.88. The Morgan fingerprint density at radius 2 is 1.38 bits per heavy atom. The molecule has 1 aliphatic rings. The third-order valence-electron chi connectivity index (χ3n) is 3.13. The summed E-state index contributed by atoms with van der Waals surface area (Å²) in [5.41, 5.74) is 15.0. The molecule has 2 rings (SSSR count). The SMILES string of the molecule is N#Cc1c(N)c(C#N)c2c(c1N)CCCC2. The van der Waals surface area contributed by atoms with Crippen molar-refractivity contribution < 1.29 is 0 Å². The number of nitrogens with zero attached hydrogens (tertiary/aromatic N) is 2. The van der Waals surface area contributed by atoms with Crippen LogP contribution in [0.2, 0.25) is 0 Å². The number of nitrogen functional groups attached to an aromatic ring is 2. The topological polar surface area (TPSA) is 99.6 Å². The molecule has 80 valence electrons. The second kappa shape index (κ2) is 3.75. The molecule has 0 aliphatic heterocycles. The van der Waals surface area contributed by atoms with Crippen molar-refractivity contribution in [2.45, 2.75) is 25.7 Å². The Labute approximate surface area is 94.1 Å². The number of rotatable bonds is 0. The first-order valence-corrected chi connectivity index (χ1v) is 5.23. The van der Waals surface area contributed by atoms with E-state index in [0.717, 1.165) is 36.8 Å². The number of hydrogen-bond donors (Lipinski definition) is 2. The Balaban J connectivity index is 2.83. The fraction of sp³-hybridized carbons (Fsp3) is 0.333. The summed E-state index contributed by atoms with van der Waals surface area (Å²) in [6.45, 7) is 0. The van der Waals surface area contributed by atoms with Gasteiger partial charge in [-0.15, -0.1) is 0 Å². The number of fused-ring (bicyclic) bond motifs is 1. The van der Waals surface area contributed by atoms with Gasteiger partial charge in [-0.1, -0.05) is 0 Å². The van der Waals surface area contributed by atoms with E-state index in [1.165, 1.54) is 0 Å². The smallest absolute Gasteiger partial charge is 0.104 e. The lowest BCUT2D eigenvalue weighted by molar-refractivity contribution is 0.686. The maximum atomic E-state index is 9.11. The van der Waals surface area contributed by atoms with E-state index in [-0.39, 0.29) is 11.3 Å². The van der Waals surface area contributed by atoms with E-state index in [1.807, 2.05) is 6.07 Å². The van der Waals surface area contributed by atoms with Crippen molar-refractivity contribution >= 4 is 11.4 Å². The van der Waals surface area contributed by atoms with Crippen LogP contribution in [-0.4, -0.2) is 0 Å². The predicted octanol–water partition coefficient (Wildman–Crippen LogP) is 1.47. The summed E-state index contributed by atoms with van der Waals surface area (Å²) in [5, 5.41) is 18.1. The highest BCUT2D eigenvalue weighted by molar-refractivity contribution is 5.79. The van der Waals surface area contributed by atoms with Crippen LogP contribution >= 0.6 is 0 Å². The molecule has 0 saturated heterocycles. The van der Waals surface area contributed by atoms with E-state index in [2.05, 4.69) is 6.07 Å². The molecule has 0 unspecified atom stereocenters. The summed E-state index contributed by atoms with van der Waals surface area (Å²) in [6.07, 6.45) is 3.77. The predicted molar refractivity (Wildman–Crippen MR) is 61.3 cm³/mol. The van der Waals surface area contributed by atoms with Crippen molar-refractivity contribution in [3.05, 3.63) is 22.3 Å². The van der Waals surface area contributed by atoms with E-state index < -0.39 is 0 Å². The molecular formula is C12H12N4. The number of hydrogen-bond acceptors (Lipinski definition) is 4. The van der Waals surface area contributed by atoms with Crippen LogP contribution in [-0.2, 0) is 12.8 Å². The Morgan fingerprint density at radius 1 is 0.812 bits per heavy atom. The van der Waals surface area contributed by atoms with E-state index >= 15 is 0 Å². The third-order valence-corrected chi connectivity index (χ3v) is 3.13. The highest BCUT2D eigenvalue weighted by Crippen LogP contribution is 2.35. The maximum absolute atomic E-state index is 9.11. The quantitative estimate of drug-likeness (QED) is 0.636. The molecule has 0 spiro atoms. The largest absolute Gasteiger partial charge is 0.397 e. The highest BCUT2D eigenvalue weighted by Gasteiger charge is 2.22. The zero-order valence-electron chi connectivity index (χ0n) is 8.88. The lowest BCUT2D eigenvalue weighted by Gasteiger charge is -2.21. The van der Waals surface area contributed by atoms with Gasteiger partial charge in [0, 0.05) is 0 Å². The molecule has 0 amide bonds. The van der Waals surface area contributed by atoms with E-state index in [1.54, 1.807) is 0 Å². The Kier molecular flexibility index (Phi) is 2.42. The van der Waals surface area contributed by atoms with Crippen molar-refractivity contribution in [3.63, 3.8) is 0 Å². The number of anilines is 2. The van der Waals surface area contributed by atoms with Gasteiger partial charge in [-0.3, -0.25) is 0 Å². The standard InChI is InChI=1S/C12H12N4/c13-5-9-7-3-1-2-4-8(7)11(15)10(6-14)12(9)16/h1-4,15-16H2. The highest BCUT2D eigenvalue weighted by atomic mass is 14.6. The van der Waals surface area contributed by atoms with Gasteiger partial charge in [-0.25, -0.2) is 0 Å². The fourth-order valence-corrected chi connectivity index (χ4v) is 2.31. The van der Waals surface area contributed by atoms with E-state index in [9.17, 15) is 0 Å². The van der Waals surface area contributed by atoms with Crippen molar-refractivity contribution in [1.82, 2.24) is 0 Å². The summed E-state index contributed by atoms with van der Waals surface area (Å²) in [5.74, 6) is 0. The minimum atomic E-state index is 0.239. The Bertz CT molecular complexity index is 532. The average molecular weight is 212 g/mol. The van der Waals surface area contributed by atoms with Crippen LogP contribution in [0.15, 0.2) is 0 Å². The molecule has 0 heterocycles. The molecule has 4 nitrogen and oxygen atoms in total. The summed E-state index contributed by atoms with van der Waals surface area (Å²) in [6, 6.07) is 4.08. The van der Waals surface area contributed by atoms with Gasteiger partial charge in [0.15, 0.2) is 0 Å². The van der Waals surface area contributed by atoms with Crippen LogP contribution in [0.1, 0.15) is 35.1 Å². The minimum absolute atomic E-state index is 0.239. The molecule has 16 heavy (non-hydrogen) atoms. The lowest BCUT2D eigenvalue weighted by Crippen LogP contribution is -2.13. The molecule has 0 bridgehead atoms. The first-order chi connectivity index (χ1) is 7.70. The van der Waals surface area contributed by atoms with Gasteiger partial charge in [0.25, 0.3) is 0 Å². The fourth-order valence-electron chi connectivity index (χ4n) is 2.31. The van der Waals surface area contributed by atoms with Gasteiger partial charge in [0.1, 0.15) is 12.1 Å². The van der Waals surface area contributed by atoms with Crippen LogP contribution in [0.4, 0.5) is 11.4 Å². The lowest BCUT2D eigenvalue weighted by atomic mass is 9.84. The van der Waals surface area contributed by atoms with Gasteiger partial charge in [-0.05, 0) is 36.8 Å². The maximum Gasteiger partial charge on any atom is 0.104 e. The normalized spacial score (nSPS) is 13.6. The molecule has 1 aliphatic carbocycles. The number of nitriles is 2. The minimum Gasteiger partial charge on any atom is -0.397 e. The Hall–Kier alpha value is -2.20. The monoisotopic (exact) mass is 212 g/mol. The summed E-state index contributed by atoms with van der Waals surface area (Å²) < 4.78 is 0. The second-order valence-electron chi connectivity index (χ2n) is 3.97. The molecule has 4 N–H and O–H groups in total. The molecule has 1 aromatic carbocycles. The molecular weight excluding hydrogens is 200 g/mol. The van der Waals surface area contributed by atoms with Crippen LogP contribution < -0.4 is 11.5 Å². The zero-order chi connectivity index (χ0) is 11.7. The van der Waals surface area contributed by atoms with Crippen molar-refractivity contribution in [2.24, 2.45) is 0 Å². The molecule has 0 saturated carbocycles. The summed E-state index contributed by atoms with van der Waals surface area (Å²) >= 11 is 0. The van der Waals surface area contributed by atoms with Gasteiger partial charge < -0.3 is 11.5 Å². The van der Waals surface area contributed by atoms with Crippen molar-refractivity contribution in [2.75, 3.05) is 11.5 Å². The van der Waals surface area contributed by atoms with Gasteiger partial charge in [0.05, 0.1) is 22.5 Å². The second-order valence-corrected chi connectivity index (χ2v) is 3.97. The van der Waals surface area contributed by atoms with E-state index in [0.29, 0.717) is 11.3 Å². The average Bonchev–Trinajstić information content (AvgIpc) is 2.30. The number of nitrogens with two attached hydrogens (primary N) is 2. The Morgan fingerprint density at radius 3 is 1.94 bits per heavy atom. The van der Waals surface area contributed by atoms with Crippen molar-refractivity contribution in [3.8, 4) is 12.1 Å². The molecule has 0 fully saturated rings. The molecule has 1 aromatic rings. The van der Waals surface area contributed by atoms with Gasteiger partial charge >= 0.3 is 0 Å².